The van der Waals surface area contributed by atoms with Crippen molar-refractivity contribution in [2.75, 3.05) is 18.1 Å². The fourth-order valence-corrected chi connectivity index (χ4v) is 5.19. The molecule has 0 saturated carbocycles. The van der Waals surface area contributed by atoms with Crippen LogP contribution in [0, 0.1) is 0 Å². The van der Waals surface area contributed by atoms with E-state index in [1.54, 1.807) is 47.4 Å². The van der Waals surface area contributed by atoms with Gasteiger partial charge in [0.15, 0.2) is 16.4 Å². The fourth-order valence-electron chi connectivity index (χ4n) is 3.06. The molecular weight excluding hydrogens is 409 g/mol. The smallest absolute Gasteiger partial charge is 0.261 e. The van der Waals surface area contributed by atoms with Gasteiger partial charge in [-0.2, -0.15) is 0 Å². The predicted octanol–water partition coefficient (Wildman–Crippen LogP) is 3.59. The van der Waals surface area contributed by atoms with Gasteiger partial charge in [0.1, 0.15) is 5.75 Å². The topological polar surface area (TPSA) is 63.7 Å². The van der Waals surface area contributed by atoms with Gasteiger partial charge in [-0.25, -0.2) is 8.42 Å². The molecule has 8 heteroatoms. The van der Waals surface area contributed by atoms with Crippen LogP contribution in [0.1, 0.15) is 12.0 Å². The van der Waals surface area contributed by atoms with E-state index in [4.69, 9.17) is 27.9 Å². The first kappa shape index (κ1) is 20.0. The molecule has 2 aromatic carbocycles. The third-order valence-electron chi connectivity index (χ3n) is 4.40. The zero-order chi connectivity index (χ0) is 19.4. The molecule has 0 bridgehead atoms. The SMILES string of the molecule is O=C(COc1ccccc1Cl)N(Cc1cccc(Cl)c1)[C@H]1CCS(=O)(=O)C1. The molecule has 0 radical (unpaired) electrons. The zero-order valence-corrected chi connectivity index (χ0v) is 16.8. The molecule has 1 aliphatic rings. The van der Waals surface area contributed by atoms with Crippen molar-refractivity contribution in [3.05, 3.63) is 64.1 Å². The molecule has 0 spiro atoms. The number of halogens is 2. The lowest BCUT2D eigenvalue weighted by Crippen LogP contribution is -2.43. The van der Waals surface area contributed by atoms with E-state index in [0.717, 1.165) is 5.56 Å². The van der Waals surface area contributed by atoms with Gasteiger partial charge in [0.05, 0.1) is 16.5 Å². The number of hydrogen-bond acceptors (Lipinski definition) is 4. The molecule has 0 unspecified atom stereocenters. The van der Waals surface area contributed by atoms with Crippen LogP contribution in [0.2, 0.25) is 10.0 Å². The molecule has 5 nitrogen and oxygen atoms in total. The van der Waals surface area contributed by atoms with Crippen molar-refractivity contribution >= 4 is 38.9 Å². The Kier molecular flexibility index (Phi) is 6.29. The average molecular weight is 428 g/mol. The van der Waals surface area contributed by atoms with Crippen molar-refractivity contribution in [3.8, 4) is 5.75 Å². The highest BCUT2D eigenvalue weighted by molar-refractivity contribution is 7.91. The van der Waals surface area contributed by atoms with Crippen LogP contribution in [0.3, 0.4) is 0 Å². The van der Waals surface area contributed by atoms with Gasteiger partial charge in [-0.05, 0) is 36.2 Å². The maximum Gasteiger partial charge on any atom is 0.261 e. The second-order valence-corrected chi connectivity index (χ2v) is 9.50. The second kappa shape index (κ2) is 8.50. The van der Waals surface area contributed by atoms with Crippen LogP contribution in [0.5, 0.6) is 5.75 Å². The van der Waals surface area contributed by atoms with Gasteiger partial charge in [0.2, 0.25) is 0 Å². The largest absolute Gasteiger partial charge is 0.482 e. The number of rotatable bonds is 6. The van der Waals surface area contributed by atoms with Crippen molar-refractivity contribution in [1.82, 2.24) is 4.90 Å². The Labute approximate surface area is 168 Å². The van der Waals surface area contributed by atoms with E-state index in [9.17, 15) is 13.2 Å². The average Bonchev–Trinajstić information content (AvgIpc) is 2.98. The minimum absolute atomic E-state index is 0.0363. The van der Waals surface area contributed by atoms with Crippen molar-refractivity contribution in [2.45, 2.75) is 19.0 Å². The number of para-hydroxylation sites is 1. The summed E-state index contributed by atoms with van der Waals surface area (Å²) < 4.78 is 29.3. The van der Waals surface area contributed by atoms with E-state index in [2.05, 4.69) is 0 Å². The van der Waals surface area contributed by atoms with Gasteiger partial charge in [-0.3, -0.25) is 4.79 Å². The number of nitrogens with zero attached hydrogens (tertiary/aromatic N) is 1. The number of hydrogen-bond donors (Lipinski definition) is 0. The van der Waals surface area contributed by atoms with Crippen LogP contribution in [0.4, 0.5) is 0 Å². The summed E-state index contributed by atoms with van der Waals surface area (Å²) in [7, 11) is -3.13. The first-order chi connectivity index (χ1) is 12.8. The molecule has 1 saturated heterocycles. The first-order valence-corrected chi connectivity index (χ1v) is 11.0. The number of amides is 1. The van der Waals surface area contributed by atoms with E-state index < -0.39 is 9.84 Å². The van der Waals surface area contributed by atoms with E-state index >= 15 is 0 Å². The first-order valence-electron chi connectivity index (χ1n) is 8.46. The number of ether oxygens (including phenoxy) is 1. The number of sulfone groups is 1. The lowest BCUT2D eigenvalue weighted by molar-refractivity contribution is -0.136. The Morgan fingerprint density at radius 2 is 1.93 bits per heavy atom. The van der Waals surface area contributed by atoms with Gasteiger partial charge in [-0.15, -0.1) is 0 Å². The van der Waals surface area contributed by atoms with Crippen LogP contribution < -0.4 is 4.74 Å². The Morgan fingerprint density at radius 3 is 2.59 bits per heavy atom. The fraction of sp³-hybridized carbons (Fsp3) is 0.316. The molecule has 3 rings (SSSR count). The molecule has 1 atom stereocenters. The quantitative estimate of drug-likeness (QED) is 0.706. The van der Waals surface area contributed by atoms with Crippen LogP contribution in [0.15, 0.2) is 48.5 Å². The summed E-state index contributed by atoms with van der Waals surface area (Å²) in [5.74, 6) is 0.166. The molecule has 1 heterocycles. The van der Waals surface area contributed by atoms with Gasteiger partial charge in [0, 0.05) is 17.6 Å². The van der Waals surface area contributed by atoms with Crippen molar-refractivity contribution in [2.24, 2.45) is 0 Å². The van der Waals surface area contributed by atoms with Gasteiger partial charge >= 0.3 is 0 Å². The predicted molar refractivity (Wildman–Crippen MR) is 106 cm³/mol. The zero-order valence-electron chi connectivity index (χ0n) is 14.5. The van der Waals surface area contributed by atoms with Crippen LogP contribution in [0.25, 0.3) is 0 Å². The molecule has 1 fully saturated rings. The minimum Gasteiger partial charge on any atom is -0.482 e. The summed E-state index contributed by atoms with van der Waals surface area (Å²) in [6, 6.07) is 13.7. The minimum atomic E-state index is -3.13. The maximum atomic E-state index is 12.8. The van der Waals surface area contributed by atoms with Crippen molar-refractivity contribution in [3.63, 3.8) is 0 Å². The lowest BCUT2D eigenvalue weighted by Gasteiger charge is -2.28. The summed E-state index contributed by atoms with van der Waals surface area (Å²) in [5, 5.41) is 0.974. The molecule has 1 amide bonds. The molecule has 0 aliphatic carbocycles. The third kappa shape index (κ3) is 5.37. The highest BCUT2D eigenvalue weighted by Gasteiger charge is 2.34. The molecule has 0 aromatic heterocycles. The van der Waals surface area contributed by atoms with Crippen LogP contribution in [-0.2, 0) is 21.2 Å². The molecular formula is C19H19Cl2NO4S. The Morgan fingerprint density at radius 1 is 1.15 bits per heavy atom. The van der Waals surface area contributed by atoms with Gasteiger partial charge in [-0.1, -0.05) is 47.5 Å². The number of carbonyl (C=O) groups is 1. The second-order valence-electron chi connectivity index (χ2n) is 6.43. The monoisotopic (exact) mass is 427 g/mol. The van der Waals surface area contributed by atoms with E-state index in [0.29, 0.717) is 22.2 Å². The van der Waals surface area contributed by atoms with Crippen LogP contribution >= 0.6 is 23.2 Å². The molecule has 1 aliphatic heterocycles. The Bertz CT molecular complexity index is 933. The van der Waals surface area contributed by atoms with Crippen molar-refractivity contribution < 1.29 is 17.9 Å². The lowest BCUT2D eigenvalue weighted by atomic mass is 10.1. The highest BCUT2D eigenvalue weighted by Crippen LogP contribution is 2.25. The Hall–Kier alpha value is -1.76. The third-order valence-corrected chi connectivity index (χ3v) is 6.70. The molecule has 144 valence electrons. The Balaban J connectivity index is 1.76. The molecule has 27 heavy (non-hydrogen) atoms. The molecule has 0 N–H and O–H groups in total. The molecule has 2 aromatic rings. The maximum absolute atomic E-state index is 12.8. The van der Waals surface area contributed by atoms with E-state index in [1.165, 1.54) is 0 Å². The summed E-state index contributed by atoms with van der Waals surface area (Å²) >= 11 is 12.1. The normalized spacial score (nSPS) is 18.2. The van der Waals surface area contributed by atoms with Crippen LogP contribution in [-0.4, -0.2) is 43.4 Å². The summed E-state index contributed by atoms with van der Waals surface area (Å²) in [6.07, 6.45) is 0.417. The number of benzene rings is 2. The summed E-state index contributed by atoms with van der Waals surface area (Å²) in [6.45, 7) is 0.0479. The van der Waals surface area contributed by atoms with E-state index in [1.807, 2.05) is 6.07 Å². The number of carbonyl (C=O) groups excluding carboxylic acids is 1. The van der Waals surface area contributed by atoms with E-state index in [-0.39, 0.29) is 36.6 Å². The van der Waals surface area contributed by atoms with Gasteiger partial charge in [0.25, 0.3) is 5.91 Å². The van der Waals surface area contributed by atoms with Crippen molar-refractivity contribution in [1.29, 1.82) is 0 Å². The highest BCUT2D eigenvalue weighted by atomic mass is 35.5. The summed E-state index contributed by atoms with van der Waals surface area (Å²) in [4.78, 5) is 14.4. The van der Waals surface area contributed by atoms with Gasteiger partial charge < -0.3 is 9.64 Å². The summed E-state index contributed by atoms with van der Waals surface area (Å²) in [5.41, 5.74) is 0.831. The standard InChI is InChI=1S/C19H19Cl2NO4S/c20-15-5-3-4-14(10-15)11-22(16-8-9-27(24,25)13-16)19(23)12-26-18-7-2-1-6-17(18)21/h1-7,10,16H,8-9,11-13H2/t16-/m0/s1.